The Kier molecular flexibility index (Phi) is 72.4. The molecule has 2 fully saturated rings. The molecule has 2 aliphatic rings. The molecule has 0 aromatic rings. The van der Waals surface area contributed by atoms with Crippen LogP contribution in [0.25, 0.3) is 0 Å². The molecule has 762 valence electrons. The van der Waals surface area contributed by atoms with Crippen LogP contribution in [-0.4, -0.2) is 230 Å². The van der Waals surface area contributed by atoms with Gasteiger partial charge < -0.3 is 86.7 Å². The number of Topliss-reactive ketones (excluding diaryl/α,β-unsaturated/α-hetero) is 3. The van der Waals surface area contributed by atoms with E-state index in [0.717, 1.165) is 57.8 Å². The van der Waals surface area contributed by atoms with E-state index in [0.29, 0.717) is 96.4 Å². The van der Waals surface area contributed by atoms with Crippen molar-refractivity contribution in [3.63, 3.8) is 0 Å². The van der Waals surface area contributed by atoms with Crippen LogP contribution in [0.2, 0.25) is 0 Å². The maximum atomic E-state index is 13.6. The number of alkyl carbamates (subject to hydrolysis) is 1. The van der Waals surface area contributed by atoms with Gasteiger partial charge in [0.05, 0.1) is 71.0 Å². The number of hydrogen-bond donors (Lipinski definition) is 11. The fourth-order valence-electron chi connectivity index (χ4n) is 15.3. The number of amides is 9. The number of primary amides is 2. The summed E-state index contributed by atoms with van der Waals surface area (Å²) in [7, 11) is -4.76. The lowest BCUT2D eigenvalue weighted by atomic mass is 9.85. The second-order valence-corrected chi connectivity index (χ2v) is 37.2. The van der Waals surface area contributed by atoms with Crippen molar-refractivity contribution in [2.24, 2.45) is 22.8 Å². The van der Waals surface area contributed by atoms with E-state index in [9.17, 15) is 76.6 Å². The van der Waals surface area contributed by atoms with Gasteiger partial charge >= 0.3 is 25.9 Å². The molecule has 0 bridgehead atoms. The molecular weight excluding hydrogens is 1720 g/mol. The monoisotopic (exact) mass is 1900 g/mol. The third kappa shape index (κ3) is 68.8. The number of phosphoric ester groups is 1. The Balaban J connectivity index is 1.68. The maximum absolute atomic E-state index is 13.6. The minimum atomic E-state index is -4.76. The lowest BCUT2D eigenvalue weighted by molar-refractivity contribution is -0.161. The standard InChI is InChI=1S/C96H173N10O25P/c1-5-7-9-11-13-15-17-19-21-23-25-27-29-31-36-52-89(115)128-73-81(131-90(116)53-37-32-30-28-26-24-22-20-18-16-14-12-10-8-6-2)74-130-132(121,122)129-67-63-104-94(120)127-66-62-101-84(110)49-42-46-80(109)45-34-33-35-48-83(93(119)103-59-40-38-44-79(91(97)117)72-95(54-55-95)77(3)107)105-86(112)51-43-50-85(111)100-60-64-123-68-71-126-76-88(114)102-61-65-124-69-70-125-75-87(113)99-58-41-39-47-82(92(98)118)106-96(56-57-96)78(4)108/h79,81-83,106H,5-76H2,1-4H3,(H2,97,117)(H2,98,118)(H,99,113)(H,100,111)(H,101,110)(H,102,114)(H,103,119)(H,104,120)(H,105,112)(H,121,122). The van der Waals surface area contributed by atoms with Gasteiger partial charge in [-0.15, -0.1) is 0 Å². The van der Waals surface area contributed by atoms with Crippen molar-refractivity contribution in [3.8, 4) is 0 Å². The number of ether oxygens (including phenoxy) is 7. The molecule has 0 heterocycles. The number of carbonyl (C=O) groups excluding carboxylic acids is 14. The predicted molar refractivity (Wildman–Crippen MR) is 503 cm³/mol. The van der Waals surface area contributed by atoms with Crippen LogP contribution < -0.4 is 54.0 Å². The Bertz CT molecular complexity index is 3260. The molecule has 9 amide bonds. The van der Waals surface area contributed by atoms with Crippen molar-refractivity contribution in [2.45, 2.75) is 398 Å². The molecular formula is C96H173N10O25P. The van der Waals surface area contributed by atoms with Gasteiger partial charge in [-0.05, 0) is 117 Å². The van der Waals surface area contributed by atoms with Crippen LogP contribution in [0.3, 0.4) is 0 Å². The van der Waals surface area contributed by atoms with Crippen LogP contribution in [0.1, 0.15) is 374 Å². The Morgan fingerprint density at radius 3 is 1.27 bits per heavy atom. The summed E-state index contributed by atoms with van der Waals surface area (Å²) in [5.74, 6) is -4.67. The molecule has 36 heteroatoms. The molecule has 132 heavy (non-hydrogen) atoms. The summed E-state index contributed by atoms with van der Waals surface area (Å²) in [5, 5.41) is 21.9. The number of hydrogen-bond acceptors (Lipinski definition) is 25. The molecule has 0 radical (unpaired) electrons. The number of nitrogens with one attached hydrogen (secondary N) is 8. The molecule has 35 nitrogen and oxygen atoms in total. The summed E-state index contributed by atoms with van der Waals surface area (Å²) in [5.41, 5.74) is 10.1. The van der Waals surface area contributed by atoms with Crippen molar-refractivity contribution in [1.29, 1.82) is 0 Å². The Labute approximate surface area is 787 Å². The minimum absolute atomic E-state index is 0.00673. The van der Waals surface area contributed by atoms with Gasteiger partial charge in [0.25, 0.3) is 0 Å². The van der Waals surface area contributed by atoms with Crippen LogP contribution in [0, 0.1) is 11.3 Å². The summed E-state index contributed by atoms with van der Waals surface area (Å²) in [4.78, 5) is 186. The van der Waals surface area contributed by atoms with E-state index in [1.165, 1.54) is 149 Å². The van der Waals surface area contributed by atoms with Crippen LogP contribution >= 0.6 is 7.82 Å². The van der Waals surface area contributed by atoms with Gasteiger partial charge in [0.2, 0.25) is 47.3 Å². The summed E-state index contributed by atoms with van der Waals surface area (Å²) in [6.07, 6.45) is 42.9. The van der Waals surface area contributed by atoms with Gasteiger partial charge in [-0.25, -0.2) is 9.36 Å². The molecule has 0 saturated heterocycles. The van der Waals surface area contributed by atoms with Crippen molar-refractivity contribution in [2.75, 3.05) is 119 Å². The van der Waals surface area contributed by atoms with E-state index in [-0.39, 0.29) is 204 Å². The number of carbonyl (C=O) groups is 14. The molecule has 0 aliphatic heterocycles. The largest absolute Gasteiger partial charge is 0.472 e. The van der Waals surface area contributed by atoms with Gasteiger partial charge in [-0.1, -0.05) is 213 Å². The Morgan fingerprint density at radius 1 is 0.364 bits per heavy atom. The first kappa shape index (κ1) is 121. The number of rotatable bonds is 95. The van der Waals surface area contributed by atoms with Gasteiger partial charge in [0.1, 0.15) is 49.8 Å². The fourth-order valence-corrected chi connectivity index (χ4v) is 16.1. The van der Waals surface area contributed by atoms with Crippen molar-refractivity contribution >= 4 is 90.5 Å². The first-order valence-corrected chi connectivity index (χ1v) is 51.9. The average Bonchev–Trinajstić information content (AvgIpc) is 1.64. The summed E-state index contributed by atoms with van der Waals surface area (Å²) < 4.78 is 61.0. The SMILES string of the molecule is CCCCCCCCCCCCCCCCCC(=O)OCC(COP(=O)(O)OCCNC(=O)OCCNC(=O)CCCC(=O)CCCCCC(NC(=O)CCCC(=O)NCCOCCOCC(=O)NCCOCCOCC(=O)NCCCCC(NC1(C(C)=O)CC1)C(N)=O)C(=O)NCCCCC(CC1(C(C)=O)CC1)C(N)=O)OC(=O)CCCCCCCCCCCCCCCCC. The van der Waals surface area contributed by atoms with Crippen LogP contribution in [0.4, 0.5) is 4.79 Å². The molecule has 0 aromatic carbocycles. The number of esters is 2. The summed E-state index contributed by atoms with van der Waals surface area (Å²) in [6.45, 7) is 7.23. The quantitative estimate of drug-likeness (QED) is 0.0117. The van der Waals surface area contributed by atoms with Crippen molar-refractivity contribution in [1.82, 2.24) is 42.5 Å². The van der Waals surface area contributed by atoms with Gasteiger partial charge in [-0.2, -0.15) is 0 Å². The average molecular weight is 1900 g/mol. The molecule has 2 saturated carbocycles. The first-order valence-electron chi connectivity index (χ1n) is 50.4. The summed E-state index contributed by atoms with van der Waals surface area (Å²) >= 11 is 0. The van der Waals surface area contributed by atoms with E-state index >= 15 is 0 Å². The van der Waals surface area contributed by atoms with Crippen molar-refractivity contribution in [3.05, 3.63) is 0 Å². The smallest absolute Gasteiger partial charge is 0.462 e. The van der Waals surface area contributed by atoms with Gasteiger partial charge in [0, 0.05) is 89.0 Å². The Morgan fingerprint density at radius 2 is 0.780 bits per heavy atom. The molecule has 13 N–H and O–H groups in total. The van der Waals surface area contributed by atoms with Crippen LogP contribution in [-0.2, 0) is 109 Å². The van der Waals surface area contributed by atoms with Crippen LogP contribution in [0.15, 0.2) is 0 Å². The highest BCUT2D eigenvalue weighted by Crippen LogP contribution is 2.52. The van der Waals surface area contributed by atoms with Crippen LogP contribution in [0.5, 0.6) is 0 Å². The second-order valence-electron chi connectivity index (χ2n) is 35.7. The zero-order valence-corrected chi connectivity index (χ0v) is 82.0. The van der Waals surface area contributed by atoms with E-state index in [1.54, 1.807) is 0 Å². The molecule has 0 spiro atoms. The Hall–Kier alpha value is -7.11. The minimum Gasteiger partial charge on any atom is -0.462 e. The maximum Gasteiger partial charge on any atom is 0.472 e. The number of phosphoric acid groups is 1. The van der Waals surface area contributed by atoms with E-state index < -0.39 is 97.8 Å². The number of ketones is 3. The van der Waals surface area contributed by atoms with E-state index in [1.807, 2.05) is 0 Å². The topological polar surface area (TPSA) is 508 Å². The lowest BCUT2D eigenvalue weighted by Gasteiger charge is -2.21. The fraction of sp³-hybridized carbons (Fsp3) is 0.854. The third-order valence-electron chi connectivity index (χ3n) is 23.9. The molecule has 2 aliphatic carbocycles. The normalized spacial score (nSPS) is 14.2. The first-order chi connectivity index (χ1) is 63.6. The molecule has 0 aromatic heterocycles. The number of nitrogens with two attached hydrogens (primary N) is 2. The van der Waals surface area contributed by atoms with Crippen molar-refractivity contribution < 1.29 is 119 Å². The highest BCUT2D eigenvalue weighted by molar-refractivity contribution is 7.47. The van der Waals surface area contributed by atoms with E-state index in [4.69, 9.17) is 53.7 Å². The molecule has 5 unspecified atom stereocenters. The highest BCUT2D eigenvalue weighted by Gasteiger charge is 2.50. The molecule has 5 atom stereocenters. The zero-order chi connectivity index (χ0) is 96.8. The predicted octanol–water partition coefficient (Wildman–Crippen LogP) is 12.6. The summed E-state index contributed by atoms with van der Waals surface area (Å²) in [6, 6.07) is -1.53. The van der Waals surface area contributed by atoms with E-state index in [2.05, 4.69) is 56.4 Å². The van der Waals surface area contributed by atoms with Gasteiger partial charge in [0.15, 0.2) is 6.10 Å². The third-order valence-corrected chi connectivity index (χ3v) is 24.9. The van der Waals surface area contributed by atoms with Gasteiger partial charge in [-0.3, -0.25) is 76.7 Å². The highest BCUT2D eigenvalue weighted by atomic mass is 31.2. The number of unbranched alkanes of at least 4 members (excludes halogenated alkanes) is 32. The molecule has 2 rings (SSSR count). The zero-order valence-electron chi connectivity index (χ0n) is 81.1. The second kappa shape index (κ2) is 79.0. The lowest BCUT2D eigenvalue weighted by Crippen LogP contribution is -2.50.